The minimum atomic E-state index is -0.327. The van der Waals surface area contributed by atoms with Crippen molar-refractivity contribution in [3.05, 3.63) is 82.0 Å². The first kappa shape index (κ1) is 22.1. The maximum absolute atomic E-state index is 11.8. The zero-order chi connectivity index (χ0) is 19.2. The molecule has 0 saturated carbocycles. The predicted octanol–water partition coefficient (Wildman–Crippen LogP) is 6.04. The molecule has 3 rings (SSSR count). The molecule has 3 aromatic rings. The van der Waals surface area contributed by atoms with Crippen LogP contribution in [-0.4, -0.2) is 17.1 Å². The van der Waals surface area contributed by atoms with Gasteiger partial charge in [0, 0.05) is 16.9 Å². The van der Waals surface area contributed by atoms with E-state index in [1.165, 1.54) is 0 Å². The number of halogens is 2. The van der Waals surface area contributed by atoms with Crippen LogP contribution in [0.5, 0.6) is 0 Å². The highest BCUT2D eigenvalue weighted by Gasteiger charge is 2.08. The topological polar surface area (TPSA) is 43.6 Å². The quantitative estimate of drug-likeness (QED) is 0.319. The summed E-state index contributed by atoms with van der Waals surface area (Å²) in [5, 5.41) is 2.77. The van der Waals surface area contributed by atoms with Crippen LogP contribution in [0, 0.1) is 0 Å². The van der Waals surface area contributed by atoms with Crippen LogP contribution in [0.4, 0.5) is 5.69 Å². The van der Waals surface area contributed by atoms with Gasteiger partial charge in [0.25, 0.3) is 0 Å². The van der Waals surface area contributed by atoms with E-state index >= 15 is 0 Å². The number of allylic oxidation sites excluding steroid dienone is 1. The molecule has 146 valence electrons. The Morgan fingerprint density at radius 3 is 2.50 bits per heavy atom. The lowest BCUT2D eigenvalue weighted by atomic mass is 10.2. The summed E-state index contributed by atoms with van der Waals surface area (Å²) in [5.74, 6) is -0.327. The second-order valence-corrected chi connectivity index (χ2v) is 6.96. The molecule has 0 aliphatic rings. The van der Waals surface area contributed by atoms with E-state index in [0.717, 1.165) is 21.7 Å². The predicted molar refractivity (Wildman–Crippen MR) is 121 cm³/mol. The van der Waals surface area contributed by atoms with Gasteiger partial charge >= 0.3 is 5.97 Å². The van der Waals surface area contributed by atoms with Crippen LogP contribution in [0.2, 0.25) is 5.02 Å². The van der Waals surface area contributed by atoms with Crippen molar-refractivity contribution in [2.24, 2.45) is 4.99 Å². The third-order valence-electron chi connectivity index (χ3n) is 3.85. The Kier molecular flexibility index (Phi) is 8.23. The number of aromatic nitrogens is 1. The number of carbonyl (C=O) groups is 1. The van der Waals surface area contributed by atoms with Gasteiger partial charge < -0.3 is 9.30 Å². The van der Waals surface area contributed by atoms with E-state index in [-0.39, 0.29) is 23.0 Å². The number of ether oxygens (including phenoxy) is 1. The average Bonchev–Trinajstić information content (AvgIpc) is 3.06. The van der Waals surface area contributed by atoms with Gasteiger partial charge in [0.1, 0.15) is 0 Å². The van der Waals surface area contributed by atoms with Gasteiger partial charge in [0.05, 0.1) is 23.6 Å². The molecule has 1 aromatic heterocycles. The van der Waals surface area contributed by atoms with Crippen molar-refractivity contribution < 1.29 is 9.53 Å². The number of benzene rings is 2. The third kappa shape index (κ3) is 5.22. The summed E-state index contributed by atoms with van der Waals surface area (Å²) in [4.78, 5) is 17.3. The Balaban J connectivity index is 0.00000280. The van der Waals surface area contributed by atoms with Crippen LogP contribution in [0.1, 0.15) is 17.3 Å². The molecule has 0 radical (unpaired) electrons. The van der Waals surface area contributed by atoms with E-state index in [0.29, 0.717) is 23.7 Å². The number of carbonyl (C=O) groups excluding carboxylic acids is 1. The fourth-order valence-electron chi connectivity index (χ4n) is 2.57. The molecular weight excluding hydrogens is 460 g/mol. The van der Waals surface area contributed by atoms with Crippen LogP contribution in [-0.2, 0) is 11.3 Å². The standard InChI is InChI=1S/C21H19ClN2O2S.BrH/c1-3-13-24-19(15-5-9-17(22)10-6-15)14-27-21(24)23-18-11-7-16(8-12-18)20(25)26-4-2;/h3,5-12,14H,1,4,13H2,2H3;1H. The summed E-state index contributed by atoms with van der Waals surface area (Å²) in [6.45, 7) is 6.63. The normalized spacial score (nSPS) is 11.0. The number of hydrogen-bond donors (Lipinski definition) is 0. The van der Waals surface area contributed by atoms with E-state index < -0.39 is 0 Å². The Morgan fingerprint density at radius 1 is 1.21 bits per heavy atom. The maximum Gasteiger partial charge on any atom is 0.338 e. The van der Waals surface area contributed by atoms with Crippen LogP contribution in [0.15, 0.2) is 71.6 Å². The monoisotopic (exact) mass is 478 g/mol. The lowest BCUT2D eigenvalue weighted by Gasteiger charge is -2.07. The van der Waals surface area contributed by atoms with E-state index in [2.05, 4.69) is 16.5 Å². The number of rotatable bonds is 6. The molecule has 28 heavy (non-hydrogen) atoms. The van der Waals surface area contributed by atoms with Gasteiger partial charge in [-0.3, -0.25) is 0 Å². The molecule has 1 heterocycles. The molecule has 4 nitrogen and oxygen atoms in total. The highest BCUT2D eigenvalue weighted by atomic mass is 79.9. The van der Waals surface area contributed by atoms with Gasteiger partial charge in [-0.1, -0.05) is 29.8 Å². The van der Waals surface area contributed by atoms with Crippen LogP contribution in [0.25, 0.3) is 11.3 Å². The van der Waals surface area contributed by atoms with E-state index in [1.807, 2.05) is 42.5 Å². The molecule has 0 unspecified atom stereocenters. The van der Waals surface area contributed by atoms with Crippen LogP contribution in [0.3, 0.4) is 0 Å². The van der Waals surface area contributed by atoms with Crippen molar-refractivity contribution in [1.29, 1.82) is 0 Å². The zero-order valence-electron chi connectivity index (χ0n) is 15.3. The summed E-state index contributed by atoms with van der Waals surface area (Å²) < 4.78 is 7.10. The van der Waals surface area contributed by atoms with Crippen molar-refractivity contribution in [2.45, 2.75) is 13.5 Å². The Morgan fingerprint density at radius 2 is 1.89 bits per heavy atom. The Bertz CT molecular complexity index is 1010. The molecule has 0 atom stereocenters. The summed E-state index contributed by atoms with van der Waals surface area (Å²) in [5.41, 5.74) is 3.41. The fourth-order valence-corrected chi connectivity index (χ4v) is 3.64. The molecule has 0 aliphatic carbocycles. The number of nitrogens with zero attached hydrogens (tertiary/aromatic N) is 2. The van der Waals surface area contributed by atoms with Crippen molar-refractivity contribution in [3.8, 4) is 11.3 Å². The van der Waals surface area contributed by atoms with E-state index in [1.54, 1.807) is 30.4 Å². The minimum Gasteiger partial charge on any atom is -0.462 e. The van der Waals surface area contributed by atoms with Crippen LogP contribution >= 0.6 is 39.9 Å². The average molecular weight is 480 g/mol. The van der Waals surface area contributed by atoms with Gasteiger partial charge in [0.15, 0.2) is 4.80 Å². The minimum absolute atomic E-state index is 0. The summed E-state index contributed by atoms with van der Waals surface area (Å²) in [6, 6.07) is 14.8. The van der Waals surface area contributed by atoms with Crippen molar-refractivity contribution in [1.82, 2.24) is 4.57 Å². The summed E-state index contributed by atoms with van der Waals surface area (Å²) in [6.07, 6.45) is 1.84. The lowest BCUT2D eigenvalue weighted by molar-refractivity contribution is 0.0526. The second-order valence-electron chi connectivity index (χ2n) is 5.69. The summed E-state index contributed by atoms with van der Waals surface area (Å²) in [7, 11) is 0. The van der Waals surface area contributed by atoms with Gasteiger partial charge in [-0.25, -0.2) is 9.79 Å². The fraction of sp³-hybridized carbons (Fsp3) is 0.143. The molecule has 7 heteroatoms. The smallest absolute Gasteiger partial charge is 0.338 e. The van der Waals surface area contributed by atoms with Crippen molar-refractivity contribution >= 4 is 51.6 Å². The molecule has 0 bridgehead atoms. The first-order valence-electron chi connectivity index (χ1n) is 8.49. The lowest BCUT2D eigenvalue weighted by Crippen LogP contribution is -2.14. The first-order valence-corrected chi connectivity index (χ1v) is 9.75. The number of esters is 1. The Hall–Kier alpha value is -2.15. The SMILES string of the molecule is Br.C=CCn1c(-c2ccc(Cl)cc2)csc1=Nc1ccc(C(=O)OCC)cc1. The Labute approximate surface area is 183 Å². The van der Waals surface area contributed by atoms with E-state index in [9.17, 15) is 4.79 Å². The molecule has 0 saturated heterocycles. The third-order valence-corrected chi connectivity index (χ3v) is 4.97. The largest absolute Gasteiger partial charge is 0.462 e. The van der Waals surface area contributed by atoms with Gasteiger partial charge in [-0.05, 0) is 48.9 Å². The number of thiazole rings is 1. The van der Waals surface area contributed by atoms with Gasteiger partial charge in [-0.2, -0.15) is 0 Å². The highest BCUT2D eigenvalue weighted by Crippen LogP contribution is 2.23. The molecular formula is C21H20BrClN2O2S. The van der Waals surface area contributed by atoms with Crippen molar-refractivity contribution in [3.63, 3.8) is 0 Å². The molecule has 0 amide bonds. The molecule has 0 N–H and O–H groups in total. The van der Waals surface area contributed by atoms with Gasteiger partial charge in [0.2, 0.25) is 0 Å². The molecule has 0 aliphatic heterocycles. The summed E-state index contributed by atoms with van der Waals surface area (Å²) >= 11 is 7.55. The molecule has 0 fully saturated rings. The number of hydrogen-bond acceptors (Lipinski definition) is 4. The van der Waals surface area contributed by atoms with E-state index in [4.69, 9.17) is 21.3 Å². The zero-order valence-corrected chi connectivity index (χ0v) is 18.6. The van der Waals surface area contributed by atoms with Gasteiger partial charge in [-0.15, -0.1) is 34.9 Å². The van der Waals surface area contributed by atoms with Crippen LogP contribution < -0.4 is 4.80 Å². The molecule has 0 spiro atoms. The first-order chi connectivity index (χ1) is 13.1. The second kappa shape index (κ2) is 10.4. The highest BCUT2D eigenvalue weighted by molar-refractivity contribution is 8.93. The van der Waals surface area contributed by atoms with Crippen molar-refractivity contribution in [2.75, 3.05) is 6.61 Å². The maximum atomic E-state index is 11.8. The molecule has 2 aromatic carbocycles.